The van der Waals surface area contributed by atoms with Gasteiger partial charge in [-0.15, -0.1) is 11.8 Å². The molecule has 0 aliphatic rings. The molecular formula is C21H27NO7S3. The number of sulfonamides is 1. The molecule has 0 saturated carbocycles. The zero-order valence-electron chi connectivity index (χ0n) is 18.1. The molecule has 8 nitrogen and oxygen atoms in total. The molecule has 0 aromatic heterocycles. The molecular weight excluding hydrogens is 474 g/mol. The first kappa shape index (κ1) is 26.2. The van der Waals surface area contributed by atoms with Gasteiger partial charge in [-0.05, 0) is 61.4 Å². The molecule has 176 valence electrons. The summed E-state index contributed by atoms with van der Waals surface area (Å²) in [5.41, 5.74) is 0.792. The Labute approximate surface area is 193 Å². The van der Waals surface area contributed by atoms with Gasteiger partial charge in [-0.2, -0.15) is 4.31 Å². The molecule has 2 rings (SSSR count). The van der Waals surface area contributed by atoms with Crippen molar-refractivity contribution in [1.82, 2.24) is 4.31 Å². The first-order valence-corrected chi connectivity index (χ1v) is 14.1. The van der Waals surface area contributed by atoms with E-state index >= 15 is 0 Å². The summed E-state index contributed by atoms with van der Waals surface area (Å²) in [5.74, 6) is -0.0504. The average molecular weight is 502 g/mol. The second-order valence-electron chi connectivity index (χ2n) is 7.11. The molecule has 0 unspecified atom stereocenters. The van der Waals surface area contributed by atoms with E-state index in [0.717, 1.165) is 16.7 Å². The van der Waals surface area contributed by atoms with Crippen LogP contribution in [0.3, 0.4) is 0 Å². The lowest BCUT2D eigenvalue weighted by Gasteiger charge is -2.21. The number of carbonyl (C=O) groups is 1. The van der Waals surface area contributed by atoms with Gasteiger partial charge in [0.05, 0.1) is 9.79 Å². The second kappa shape index (κ2) is 11.2. The minimum atomic E-state index is -3.76. The zero-order chi connectivity index (χ0) is 23.9. The van der Waals surface area contributed by atoms with E-state index in [1.807, 2.05) is 19.9 Å². The zero-order valence-corrected chi connectivity index (χ0v) is 20.6. The fourth-order valence-corrected chi connectivity index (χ4v) is 6.14. The lowest BCUT2D eigenvalue weighted by atomic mass is 10.2. The van der Waals surface area contributed by atoms with Crippen LogP contribution >= 0.6 is 11.8 Å². The minimum Gasteiger partial charge on any atom is -0.482 e. The molecule has 0 bridgehead atoms. The van der Waals surface area contributed by atoms with Gasteiger partial charge in [0.25, 0.3) is 0 Å². The van der Waals surface area contributed by atoms with Crippen molar-refractivity contribution in [1.29, 1.82) is 0 Å². The Morgan fingerprint density at radius 2 is 1.66 bits per heavy atom. The van der Waals surface area contributed by atoms with Crippen LogP contribution in [0.1, 0.15) is 18.9 Å². The number of hydrogen-bond donors (Lipinski definition) is 1. The smallest absolute Gasteiger partial charge is 0.341 e. The summed E-state index contributed by atoms with van der Waals surface area (Å²) in [6.45, 7) is 3.92. The van der Waals surface area contributed by atoms with Gasteiger partial charge in [-0.1, -0.05) is 6.92 Å². The molecule has 0 radical (unpaired) electrons. The molecule has 0 atom stereocenters. The summed E-state index contributed by atoms with van der Waals surface area (Å²) in [7, 11) is -7.17. The van der Waals surface area contributed by atoms with E-state index in [1.54, 1.807) is 12.1 Å². The normalized spacial score (nSPS) is 12.1. The predicted octanol–water partition coefficient (Wildman–Crippen LogP) is 3.05. The van der Waals surface area contributed by atoms with E-state index in [0.29, 0.717) is 24.5 Å². The molecule has 1 N–H and O–H groups in total. The number of carboxylic acids is 1. The molecule has 2 aromatic rings. The molecule has 11 heteroatoms. The number of sulfone groups is 1. The number of aryl methyl sites for hydroxylation is 1. The summed E-state index contributed by atoms with van der Waals surface area (Å²) in [6.07, 6.45) is 1.71. The highest BCUT2D eigenvalue weighted by Crippen LogP contribution is 2.26. The van der Waals surface area contributed by atoms with Gasteiger partial charge in [0.1, 0.15) is 5.75 Å². The van der Waals surface area contributed by atoms with Crippen LogP contribution < -0.4 is 4.74 Å². The van der Waals surface area contributed by atoms with Gasteiger partial charge < -0.3 is 9.84 Å². The predicted molar refractivity (Wildman–Crippen MR) is 124 cm³/mol. The molecule has 0 amide bonds. The molecule has 0 aliphatic heterocycles. The Bertz CT molecular complexity index is 1140. The van der Waals surface area contributed by atoms with Crippen molar-refractivity contribution < 1.29 is 31.5 Å². The van der Waals surface area contributed by atoms with Crippen LogP contribution in [-0.4, -0.2) is 63.9 Å². The van der Waals surface area contributed by atoms with Crippen molar-refractivity contribution in [3.63, 3.8) is 0 Å². The molecule has 0 aliphatic carbocycles. The van der Waals surface area contributed by atoms with Crippen molar-refractivity contribution in [3.05, 3.63) is 48.0 Å². The fourth-order valence-electron chi connectivity index (χ4n) is 2.89. The summed E-state index contributed by atoms with van der Waals surface area (Å²) in [4.78, 5) is 11.7. The van der Waals surface area contributed by atoms with Crippen molar-refractivity contribution >= 4 is 37.6 Å². The highest BCUT2D eigenvalue weighted by molar-refractivity contribution is 7.99. The summed E-state index contributed by atoms with van der Waals surface area (Å²) in [5, 5.41) is 8.72. The monoisotopic (exact) mass is 501 g/mol. The lowest BCUT2D eigenvalue weighted by Crippen LogP contribution is -2.33. The molecule has 2 aromatic carbocycles. The number of nitrogens with zero attached hydrogens (tertiary/aromatic N) is 1. The maximum absolute atomic E-state index is 13.1. The Kier molecular flexibility index (Phi) is 9.14. The maximum Gasteiger partial charge on any atom is 0.341 e. The summed E-state index contributed by atoms with van der Waals surface area (Å²) in [6, 6.07) is 10.6. The van der Waals surface area contributed by atoms with Crippen LogP contribution in [0.2, 0.25) is 0 Å². The SMILES string of the molecule is CCCN(CCSc1ccc(OCC(=O)O)c(C)c1)S(=O)(=O)c1ccc(S(C)(=O)=O)cc1. The quantitative estimate of drug-likeness (QED) is 0.441. The third kappa shape index (κ3) is 7.22. The number of benzene rings is 2. The van der Waals surface area contributed by atoms with Gasteiger partial charge in [-0.3, -0.25) is 0 Å². The highest BCUT2D eigenvalue weighted by Gasteiger charge is 2.24. The standard InChI is InChI=1S/C21H27NO7S3/c1-4-11-22(32(27,28)19-8-6-18(7-9-19)31(3,25)26)12-13-30-17-5-10-20(16(2)14-17)29-15-21(23)24/h5-10,14H,4,11-13,15H2,1-3H3,(H,23,24). The van der Waals surface area contributed by atoms with Gasteiger partial charge in [0, 0.05) is 30.0 Å². The van der Waals surface area contributed by atoms with E-state index in [-0.39, 0.29) is 16.3 Å². The van der Waals surface area contributed by atoms with Crippen LogP contribution in [0.15, 0.2) is 57.2 Å². The van der Waals surface area contributed by atoms with Crippen LogP contribution in [0.25, 0.3) is 0 Å². The first-order valence-electron chi connectivity index (χ1n) is 9.83. The minimum absolute atomic E-state index is 0.0547. The fraction of sp³-hybridized carbons (Fsp3) is 0.381. The third-order valence-corrected chi connectivity index (χ3v) is 8.48. The van der Waals surface area contributed by atoms with E-state index in [1.165, 1.54) is 40.3 Å². The number of carboxylic acid groups (broad SMARTS) is 1. The largest absolute Gasteiger partial charge is 0.482 e. The van der Waals surface area contributed by atoms with Crippen LogP contribution in [-0.2, 0) is 24.7 Å². The van der Waals surface area contributed by atoms with E-state index in [2.05, 4.69) is 0 Å². The molecule has 0 saturated heterocycles. The Hall–Kier alpha value is -2.08. The maximum atomic E-state index is 13.1. The van der Waals surface area contributed by atoms with Crippen LogP contribution in [0.5, 0.6) is 5.75 Å². The van der Waals surface area contributed by atoms with Gasteiger partial charge in [0.2, 0.25) is 10.0 Å². The van der Waals surface area contributed by atoms with Gasteiger partial charge >= 0.3 is 5.97 Å². The second-order valence-corrected chi connectivity index (χ2v) is 12.2. The van der Waals surface area contributed by atoms with E-state index in [9.17, 15) is 21.6 Å². The highest BCUT2D eigenvalue weighted by atomic mass is 32.2. The van der Waals surface area contributed by atoms with Gasteiger partial charge in [-0.25, -0.2) is 21.6 Å². The number of ether oxygens (including phenoxy) is 1. The average Bonchev–Trinajstić information content (AvgIpc) is 2.71. The Morgan fingerprint density at radius 1 is 1.03 bits per heavy atom. The van der Waals surface area contributed by atoms with Crippen molar-refractivity contribution in [2.45, 2.75) is 35.0 Å². The lowest BCUT2D eigenvalue weighted by molar-refractivity contribution is -0.139. The molecule has 0 fully saturated rings. The third-order valence-electron chi connectivity index (χ3n) is 4.47. The van der Waals surface area contributed by atoms with Gasteiger partial charge in [0.15, 0.2) is 16.4 Å². The summed E-state index contributed by atoms with van der Waals surface area (Å²) < 4.78 is 56.0. The van der Waals surface area contributed by atoms with E-state index in [4.69, 9.17) is 9.84 Å². The van der Waals surface area contributed by atoms with Crippen molar-refractivity contribution in [2.75, 3.05) is 31.7 Å². The van der Waals surface area contributed by atoms with Crippen molar-refractivity contribution in [3.8, 4) is 5.75 Å². The first-order chi connectivity index (χ1) is 14.9. The van der Waals surface area contributed by atoms with Crippen LogP contribution in [0.4, 0.5) is 0 Å². The molecule has 32 heavy (non-hydrogen) atoms. The van der Waals surface area contributed by atoms with Crippen molar-refractivity contribution in [2.24, 2.45) is 0 Å². The number of aliphatic carboxylic acids is 1. The Balaban J connectivity index is 2.07. The summed E-state index contributed by atoms with van der Waals surface area (Å²) >= 11 is 1.48. The molecule has 0 heterocycles. The van der Waals surface area contributed by atoms with Crippen LogP contribution in [0, 0.1) is 6.92 Å². The molecule has 0 spiro atoms. The number of thioether (sulfide) groups is 1. The van der Waals surface area contributed by atoms with E-state index < -0.39 is 32.4 Å². The number of rotatable bonds is 12. The topological polar surface area (TPSA) is 118 Å². The number of hydrogen-bond acceptors (Lipinski definition) is 7. The Morgan fingerprint density at radius 3 is 2.19 bits per heavy atom.